The lowest BCUT2D eigenvalue weighted by molar-refractivity contribution is -0.146. The van der Waals surface area contributed by atoms with Crippen LogP contribution in [0.1, 0.15) is 59.3 Å². The summed E-state index contributed by atoms with van der Waals surface area (Å²) >= 11 is 0. The average molecular weight is 309 g/mol. The molecule has 1 heterocycles. The van der Waals surface area contributed by atoms with Gasteiger partial charge in [-0.1, -0.05) is 20.3 Å². The number of carbonyl (C=O) groups excluding carboxylic acids is 2. The van der Waals surface area contributed by atoms with E-state index >= 15 is 0 Å². The maximum absolute atomic E-state index is 12.8. The second kappa shape index (κ2) is 7.44. The van der Waals surface area contributed by atoms with E-state index in [1.165, 1.54) is 0 Å². The van der Waals surface area contributed by atoms with Gasteiger partial charge in [0, 0.05) is 44.6 Å². The normalized spacial score (nSPS) is 32.4. The summed E-state index contributed by atoms with van der Waals surface area (Å²) < 4.78 is 0. The number of hydrogen-bond acceptors (Lipinski definition) is 3. The minimum Gasteiger partial charge on any atom is -0.336 e. The van der Waals surface area contributed by atoms with E-state index in [0.29, 0.717) is 25.4 Å². The van der Waals surface area contributed by atoms with Crippen molar-refractivity contribution < 1.29 is 9.59 Å². The Morgan fingerprint density at radius 1 is 1.05 bits per heavy atom. The molecular weight excluding hydrogens is 278 g/mol. The largest absolute Gasteiger partial charge is 0.336 e. The predicted molar refractivity (Wildman–Crippen MR) is 87.2 cm³/mol. The maximum atomic E-state index is 12.8. The van der Waals surface area contributed by atoms with Gasteiger partial charge in [0.15, 0.2) is 0 Å². The summed E-state index contributed by atoms with van der Waals surface area (Å²) in [6, 6.07) is 0.489. The molecule has 0 radical (unpaired) electrons. The molecule has 126 valence electrons. The fraction of sp³-hybridized carbons (Fsp3) is 0.882. The molecule has 2 unspecified atom stereocenters. The Morgan fingerprint density at radius 2 is 1.64 bits per heavy atom. The number of hydrogen-bond donors (Lipinski definition) is 1. The van der Waals surface area contributed by atoms with Gasteiger partial charge in [0.1, 0.15) is 0 Å². The molecule has 5 heteroatoms. The lowest BCUT2D eigenvalue weighted by Crippen LogP contribution is -2.60. The Hall–Kier alpha value is -1.10. The summed E-state index contributed by atoms with van der Waals surface area (Å²) in [5, 5.41) is 0. The molecule has 0 aromatic carbocycles. The topological polar surface area (TPSA) is 66.6 Å². The van der Waals surface area contributed by atoms with Crippen molar-refractivity contribution in [2.45, 2.75) is 77.4 Å². The van der Waals surface area contributed by atoms with Crippen molar-refractivity contribution in [2.75, 3.05) is 13.1 Å². The van der Waals surface area contributed by atoms with Gasteiger partial charge in [0.05, 0.1) is 0 Å². The summed E-state index contributed by atoms with van der Waals surface area (Å²) in [5.41, 5.74) is 6.12. The second-order valence-corrected chi connectivity index (χ2v) is 6.90. The molecule has 2 rings (SSSR count). The zero-order valence-electron chi connectivity index (χ0n) is 14.3. The lowest BCUT2D eigenvalue weighted by Gasteiger charge is -2.46. The first-order chi connectivity index (χ1) is 10.5. The molecule has 1 aliphatic heterocycles. The van der Waals surface area contributed by atoms with Crippen molar-refractivity contribution >= 4 is 11.8 Å². The van der Waals surface area contributed by atoms with E-state index in [-0.39, 0.29) is 29.9 Å². The quantitative estimate of drug-likeness (QED) is 0.860. The minimum atomic E-state index is 0.121. The van der Waals surface area contributed by atoms with Crippen molar-refractivity contribution in [2.24, 2.45) is 11.7 Å². The van der Waals surface area contributed by atoms with Crippen LogP contribution in [0.25, 0.3) is 0 Å². The van der Waals surface area contributed by atoms with Gasteiger partial charge >= 0.3 is 0 Å². The summed E-state index contributed by atoms with van der Waals surface area (Å²) in [4.78, 5) is 28.6. The first kappa shape index (κ1) is 17.3. The third kappa shape index (κ3) is 3.62. The Morgan fingerprint density at radius 3 is 2.14 bits per heavy atom. The van der Waals surface area contributed by atoms with E-state index in [0.717, 1.165) is 32.1 Å². The van der Waals surface area contributed by atoms with E-state index in [2.05, 4.69) is 13.8 Å². The molecule has 4 atom stereocenters. The van der Waals surface area contributed by atoms with Crippen LogP contribution in [0.3, 0.4) is 0 Å². The van der Waals surface area contributed by atoms with E-state index < -0.39 is 0 Å². The smallest absolute Gasteiger partial charge is 0.223 e. The molecule has 1 aliphatic carbocycles. The highest BCUT2D eigenvalue weighted by atomic mass is 16.2. The first-order valence-corrected chi connectivity index (χ1v) is 8.80. The average Bonchev–Trinajstić information content (AvgIpc) is 2.90. The number of rotatable bonds is 4. The summed E-state index contributed by atoms with van der Waals surface area (Å²) in [5.74, 6) is 0.696. The van der Waals surface area contributed by atoms with Crippen LogP contribution in [-0.4, -0.2) is 52.8 Å². The highest BCUT2D eigenvalue weighted by Crippen LogP contribution is 2.29. The summed E-state index contributed by atoms with van der Waals surface area (Å²) in [6.45, 7) is 7.16. The zero-order valence-corrected chi connectivity index (χ0v) is 14.3. The van der Waals surface area contributed by atoms with Crippen molar-refractivity contribution in [3.63, 3.8) is 0 Å². The second-order valence-electron chi connectivity index (χ2n) is 6.90. The van der Waals surface area contributed by atoms with Crippen molar-refractivity contribution in [3.8, 4) is 0 Å². The molecule has 22 heavy (non-hydrogen) atoms. The molecule has 0 aromatic rings. The predicted octanol–water partition coefficient (Wildman–Crippen LogP) is 1.75. The minimum absolute atomic E-state index is 0.121. The number of piperazine rings is 1. The van der Waals surface area contributed by atoms with Gasteiger partial charge in [0.2, 0.25) is 11.8 Å². The van der Waals surface area contributed by atoms with Crippen LogP contribution in [0.4, 0.5) is 0 Å². The lowest BCUT2D eigenvalue weighted by atomic mass is 9.96. The van der Waals surface area contributed by atoms with Crippen molar-refractivity contribution in [1.29, 1.82) is 0 Å². The van der Waals surface area contributed by atoms with E-state index in [1.54, 1.807) is 6.92 Å². The van der Waals surface area contributed by atoms with E-state index in [9.17, 15) is 9.59 Å². The Balaban J connectivity index is 2.04. The monoisotopic (exact) mass is 309 g/mol. The highest BCUT2D eigenvalue weighted by Gasteiger charge is 2.37. The molecule has 2 aliphatic rings. The third-order valence-electron chi connectivity index (χ3n) is 5.52. The fourth-order valence-corrected chi connectivity index (χ4v) is 4.00. The number of nitrogens with zero attached hydrogens (tertiary/aromatic N) is 2. The number of amides is 2. The third-order valence-corrected chi connectivity index (χ3v) is 5.52. The van der Waals surface area contributed by atoms with Gasteiger partial charge in [-0.2, -0.15) is 0 Å². The Labute approximate surface area is 134 Å². The van der Waals surface area contributed by atoms with Crippen LogP contribution < -0.4 is 5.73 Å². The molecule has 2 N–H and O–H groups in total. The van der Waals surface area contributed by atoms with Gasteiger partial charge in [-0.3, -0.25) is 9.59 Å². The van der Waals surface area contributed by atoms with Crippen LogP contribution in [0, 0.1) is 5.92 Å². The molecule has 1 saturated carbocycles. The van der Waals surface area contributed by atoms with Crippen LogP contribution in [0.5, 0.6) is 0 Å². The Kier molecular flexibility index (Phi) is 5.84. The van der Waals surface area contributed by atoms with Crippen LogP contribution in [0.15, 0.2) is 0 Å². The molecule has 1 saturated heterocycles. The molecule has 2 amide bonds. The zero-order chi connectivity index (χ0) is 16.3. The summed E-state index contributed by atoms with van der Waals surface area (Å²) in [6.07, 6.45) is 5.63. The molecule has 0 aromatic heterocycles. The van der Waals surface area contributed by atoms with Crippen LogP contribution in [-0.2, 0) is 9.59 Å². The van der Waals surface area contributed by atoms with Crippen LogP contribution in [0.2, 0.25) is 0 Å². The Bertz CT molecular complexity index is 413. The van der Waals surface area contributed by atoms with Crippen LogP contribution >= 0.6 is 0 Å². The van der Waals surface area contributed by atoms with E-state index in [4.69, 9.17) is 5.73 Å². The number of carbonyl (C=O) groups is 2. The van der Waals surface area contributed by atoms with Gasteiger partial charge in [-0.05, 0) is 31.6 Å². The van der Waals surface area contributed by atoms with Gasteiger partial charge in [-0.25, -0.2) is 0 Å². The molecule has 5 nitrogen and oxygen atoms in total. The standard InChI is InChI=1S/C17H31N3O2/c1-4-14-11-20(15(5-2)10-19(14)12(3)21)17(22)9-13-7-6-8-16(13)18/h13-16H,4-11,18H2,1-3H3/t13-,14?,15?,16+/m0/s1. The maximum Gasteiger partial charge on any atom is 0.223 e. The molecule has 0 bridgehead atoms. The molecular formula is C17H31N3O2. The molecule has 2 fully saturated rings. The number of nitrogens with two attached hydrogens (primary N) is 1. The van der Waals surface area contributed by atoms with E-state index in [1.807, 2.05) is 9.80 Å². The van der Waals surface area contributed by atoms with Crippen molar-refractivity contribution in [3.05, 3.63) is 0 Å². The highest BCUT2D eigenvalue weighted by molar-refractivity contribution is 5.78. The summed E-state index contributed by atoms with van der Waals surface area (Å²) in [7, 11) is 0. The van der Waals surface area contributed by atoms with Gasteiger partial charge < -0.3 is 15.5 Å². The van der Waals surface area contributed by atoms with Crippen molar-refractivity contribution in [1.82, 2.24) is 9.80 Å². The van der Waals surface area contributed by atoms with Gasteiger partial charge in [-0.15, -0.1) is 0 Å². The van der Waals surface area contributed by atoms with Gasteiger partial charge in [0.25, 0.3) is 0 Å². The fourth-order valence-electron chi connectivity index (χ4n) is 4.00. The molecule has 0 spiro atoms. The first-order valence-electron chi connectivity index (χ1n) is 8.80. The SMILES string of the molecule is CCC1CN(C(=O)C[C@@H]2CCC[C@H]2N)C(CC)CN1C(C)=O.